The van der Waals surface area contributed by atoms with E-state index in [-0.39, 0.29) is 0 Å². The van der Waals surface area contributed by atoms with Crippen LogP contribution >= 0.6 is 34.8 Å². The van der Waals surface area contributed by atoms with Gasteiger partial charge in [-0.05, 0) is 27.7 Å². The van der Waals surface area contributed by atoms with Crippen molar-refractivity contribution in [2.75, 3.05) is 26.4 Å². The molecule has 0 spiro atoms. The molecule has 5 heteroatoms. The van der Waals surface area contributed by atoms with Crippen LogP contribution in [0.1, 0.15) is 27.7 Å². The molecule has 90 valence electrons. The first-order valence-electron chi connectivity index (χ1n) is 4.64. The first-order valence-corrected chi connectivity index (χ1v) is 5.95. The number of hydrogen-bond acceptors (Lipinski definition) is 2. The zero-order valence-electron chi connectivity index (χ0n) is 9.36. The largest absolute Gasteiger partial charge is 0.382 e. The van der Waals surface area contributed by atoms with Gasteiger partial charge in [-0.25, -0.2) is 0 Å². The van der Waals surface area contributed by atoms with Crippen molar-refractivity contribution in [1.82, 2.24) is 0 Å². The Morgan fingerprint density at radius 2 is 0.857 bits per heavy atom. The van der Waals surface area contributed by atoms with E-state index in [0.717, 1.165) is 26.4 Å². The highest BCUT2D eigenvalue weighted by molar-refractivity contribution is 6.63. The Bertz CT molecular complexity index is 60.3. The molecule has 0 aliphatic heterocycles. The average molecular weight is 268 g/mol. The summed E-state index contributed by atoms with van der Waals surface area (Å²) >= 11 is 14.4. The lowest BCUT2D eigenvalue weighted by atomic mass is 10.8. The molecule has 14 heavy (non-hydrogen) atoms. The lowest BCUT2D eigenvalue weighted by molar-refractivity contribution is 0.162. The lowest BCUT2D eigenvalue weighted by Crippen LogP contribution is -1.84. The minimum Gasteiger partial charge on any atom is -0.382 e. The van der Waals surface area contributed by atoms with Gasteiger partial charge in [-0.15, -0.1) is 0 Å². The highest BCUT2D eigenvalue weighted by Crippen LogP contribution is 2.03. The first-order chi connectivity index (χ1) is 6.56. The van der Waals surface area contributed by atoms with E-state index < -0.39 is 4.30 Å². The van der Waals surface area contributed by atoms with Crippen molar-refractivity contribution in [2.24, 2.45) is 0 Å². The summed E-state index contributed by atoms with van der Waals surface area (Å²) < 4.78 is 8.92. The molecule has 0 radical (unpaired) electrons. The quantitative estimate of drug-likeness (QED) is 0.715. The monoisotopic (exact) mass is 266 g/mol. The normalized spacial score (nSPS) is 8.57. The molecule has 0 heterocycles. The van der Waals surface area contributed by atoms with Crippen LogP contribution in [0.5, 0.6) is 0 Å². The Morgan fingerprint density at radius 1 is 0.714 bits per heavy atom. The van der Waals surface area contributed by atoms with Crippen molar-refractivity contribution in [1.29, 1.82) is 0 Å². The van der Waals surface area contributed by atoms with E-state index >= 15 is 0 Å². The SMILES string of the molecule is CCOCC.CCOCC.ClC(Cl)Cl. The number of rotatable bonds is 4. The molecule has 0 amide bonds. The molecule has 0 aliphatic rings. The number of alkyl halides is 3. The standard InChI is InChI=1S/2C4H10O.CHCl3/c2*1-3-5-4-2;2-1(3)4/h2*3-4H2,1-2H3;1H. The van der Waals surface area contributed by atoms with Crippen LogP contribution in [0.2, 0.25) is 0 Å². The van der Waals surface area contributed by atoms with Gasteiger partial charge in [-0.1, -0.05) is 34.8 Å². The van der Waals surface area contributed by atoms with Crippen molar-refractivity contribution in [2.45, 2.75) is 32.0 Å². The molecule has 0 rings (SSSR count). The third-order valence-corrected chi connectivity index (χ3v) is 0.816. The molecule has 0 aromatic carbocycles. The number of hydrogen-bond donors (Lipinski definition) is 0. The molecular weight excluding hydrogens is 246 g/mol. The zero-order chi connectivity index (χ0) is 11.8. The third kappa shape index (κ3) is 77.5. The smallest absolute Gasteiger partial charge is 0.180 e. The van der Waals surface area contributed by atoms with E-state index in [2.05, 4.69) is 0 Å². The van der Waals surface area contributed by atoms with Crippen LogP contribution in [-0.4, -0.2) is 30.7 Å². The fourth-order valence-corrected chi connectivity index (χ4v) is 0.408. The Labute approximate surface area is 103 Å². The van der Waals surface area contributed by atoms with E-state index in [0.29, 0.717) is 0 Å². The molecule has 0 N–H and O–H groups in total. The van der Waals surface area contributed by atoms with Crippen molar-refractivity contribution < 1.29 is 9.47 Å². The molecular formula is C9H21Cl3O2. The van der Waals surface area contributed by atoms with Gasteiger partial charge in [0.25, 0.3) is 0 Å². The van der Waals surface area contributed by atoms with Crippen molar-refractivity contribution in [3.8, 4) is 0 Å². The van der Waals surface area contributed by atoms with Crippen LogP contribution in [-0.2, 0) is 9.47 Å². The van der Waals surface area contributed by atoms with Crippen molar-refractivity contribution in [3.05, 3.63) is 0 Å². The van der Waals surface area contributed by atoms with Crippen LogP contribution in [0.4, 0.5) is 0 Å². The molecule has 0 saturated heterocycles. The van der Waals surface area contributed by atoms with Gasteiger partial charge in [0.05, 0.1) is 0 Å². The first kappa shape index (κ1) is 20.2. The maximum absolute atomic E-state index is 4.83. The van der Waals surface area contributed by atoms with Gasteiger partial charge in [0.1, 0.15) is 0 Å². The van der Waals surface area contributed by atoms with Crippen molar-refractivity contribution >= 4 is 34.8 Å². The summed E-state index contributed by atoms with van der Waals surface area (Å²) in [5.41, 5.74) is 0. The molecule has 0 bridgehead atoms. The van der Waals surface area contributed by atoms with Gasteiger partial charge in [0.2, 0.25) is 0 Å². The summed E-state index contributed by atoms with van der Waals surface area (Å²) in [6.45, 7) is 11.3. The van der Waals surface area contributed by atoms with Gasteiger partial charge < -0.3 is 9.47 Å². The van der Waals surface area contributed by atoms with E-state index in [9.17, 15) is 0 Å². The van der Waals surface area contributed by atoms with E-state index in [1.165, 1.54) is 0 Å². The maximum atomic E-state index is 4.83. The second-order valence-corrected chi connectivity index (χ2v) is 3.79. The van der Waals surface area contributed by atoms with Gasteiger partial charge in [-0.3, -0.25) is 0 Å². The predicted octanol–water partition coefficient (Wildman–Crippen LogP) is 4.07. The molecule has 0 atom stereocenters. The van der Waals surface area contributed by atoms with Gasteiger partial charge in [0, 0.05) is 26.4 Å². The average Bonchev–Trinajstić information content (AvgIpc) is 2.07. The number of halogens is 3. The Balaban J connectivity index is -0.000000131. The molecule has 0 aliphatic carbocycles. The molecule has 0 fully saturated rings. The summed E-state index contributed by atoms with van der Waals surface area (Å²) in [7, 11) is 0. The minimum absolute atomic E-state index is 0.750. The summed E-state index contributed by atoms with van der Waals surface area (Å²) in [6.07, 6.45) is 0. The van der Waals surface area contributed by atoms with Crippen LogP contribution in [0.3, 0.4) is 0 Å². The van der Waals surface area contributed by atoms with Gasteiger partial charge >= 0.3 is 0 Å². The second kappa shape index (κ2) is 23.5. The van der Waals surface area contributed by atoms with E-state index in [1.54, 1.807) is 0 Å². The van der Waals surface area contributed by atoms with Gasteiger partial charge in [-0.2, -0.15) is 0 Å². The molecule has 0 saturated carbocycles. The fraction of sp³-hybridized carbons (Fsp3) is 1.00. The lowest BCUT2D eigenvalue weighted by Gasteiger charge is -1.86. The molecule has 0 aromatic heterocycles. The van der Waals surface area contributed by atoms with Gasteiger partial charge in [0.15, 0.2) is 4.30 Å². The topological polar surface area (TPSA) is 18.5 Å². The molecule has 2 nitrogen and oxygen atoms in total. The Hall–Kier alpha value is 0.790. The van der Waals surface area contributed by atoms with Crippen LogP contribution in [0.25, 0.3) is 0 Å². The zero-order valence-corrected chi connectivity index (χ0v) is 11.6. The number of ether oxygens (including phenoxy) is 2. The summed E-state index contributed by atoms with van der Waals surface area (Å²) in [4.78, 5) is 0. The van der Waals surface area contributed by atoms with Crippen LogP contribution in [0.15, 0.2) is 0 Å². The molecule has 0 aromatic rings. The maximum Gasteiger partial charge on any atom is 0.180 e. The van der Waals surface area contributed by atoms with Crippen molar-refractivity contribution in [3.63, 3.8) is 0 Å². The second-order valence-electron chi connectivity index (χ2n) is 1.81. The van der Waals surface area contributed by atoms with Crippen LogP contribution < -0.4 is 0 Å². The van der Waals surface area contributed by atoms with Crippen LogP contribution in [0, 0.1) is 0 Å². The Morgan fingerprint density at radius 3 is 0.857 bits per heavy atom. The van der Waals surface area contributed by atoms with E-state index in [4.69, 9.17) is 44.3 Å². The highest BCUT2D eigenvalue weighted by atomic mass is 35.6. The fourth-order valence-electron chi connectivity index (χ4n) is 0.408. The Kier molecular flexibility index (Phi) is 34.0. The minimum atomic E-state index is -0.750. The summed E-state index contributed by atoms with van der Waals surface area (Å²) in [5, 5.41) is 0. The molecule has 0 unspecified atom stereocenters. The summed E-state index contributed by atoms with van der Waals surface area (Å²) in [6, 6.07) is 0. The predicted molar refractivity (Wildman–Crippen MR) is 65.7 cm³/mol. The highest BCUT2D eigenvalue weighted by Gasteiger charge is 1.78. The summed E-state index contributed by atoms with van der Waals surface area (Å²) in [5.74, 6) is 0. The van der Waals surface area contributed by atoms with E-state index in [1.807, 2.05) is 27.7 Å². The third-order valence-electron chi connectivity index (χ3n) is 0.816.